The number of hydrogen-bond donors (Lipinski definition) is 2. The number of ether oxygens (including phenoxy) is 1. The molecular formula is C23H31NO3. The quantitative estimate of drug-likeness (QED) is 0.723. The molecule has 1 unspecified atom stereocenters. The van der Waals surface area contributed by atoms with Gasteiger partial charge in [0.1, 0.15) is 0 Å². The van der Waals surface area contributed by atoms with Crippen molar-refractivity contribution in [2.45, 2.75) is 60.2 Å². The standard InChI is InChI=1S/C23H31NO3/c1-13-9-10-17(11-14(13)2)19-15(3)12-18(16(4)20(19)24-8)21(22(25)26)27-23(5,6)7/h9-12,21,24H,1-8H3,(H,25,26). The van der Waals surface area contributed by atoms with Crippen molar-refractivity contribution in [3.8, 4) is 11.1 Å². The van der Waals surface area contributed by atoms with Crippen molar-refractivity contribution in [3.63, 3.8) is 0 Å². The fraction of sp³-hybridized carbons (Fsp3) is 0.435. The summed E-state index contributed by atoms with van der Waals surface area (Å²) in [5.74, 6) is -0.978. The molecule has 0 saturated carbocycles. The van der Waals surface area contributed by atoms with Crippen LogP contribution in [0.5, 0.6) is 0 Å². The molecule has 0 amide bonds. The lowest BCUT2D eigenvalue weighted by Gasteiger charge is -2.28. The maximum Gasteiger partial charge on any atom is 0.337 e. The van der Waals surface area contributed by atoms with Crippen LogP contribution in [0, 0.1) is 27.7 Å². The van der Waals surface area contributed by atoms with E-state index in [0.29, 0.717) is 5.56 Å². The molecule has 4 nitrogen and oxygen atoms in total. The van der Waals surface area contributed by atoms with E-state index in [1.165, 1.54) is 11.1 Å². The number of carboxylic acids is 1. The van der Waals surface area contributed by atoms with Crippen molar-refractivity contribution >= 4 is 11.7 Å². The molecular weight excluding hydrogens is 338 g/mol. The predicted octanol–water partition coefficient (Wildman–Crippen LogP) is 5.57. The molecule has 0 heterocycles. The molecule has 0 aliphatic carbocycles. The van der Waals surface area contributed by atoms with Gasteiger partial charge in [-0.3, -0.25) is 0 Å². The first kappa shape index (κ1) is 21.0. The second-order valence-corrected chi connectivity index (χ2v) is 8.16. The Balaban J connectivity index is 2.69. The van der Waals surface area contributed by atoms with Crippen LogP contribution < -0.4 is 5.32 Å². The van der Waals surface area contributed by atoms with Crippen molar-refractivity contribution in [2.24, 2.45) is 0 Å². The van der Waals surface area contributed by atoms with Crippen molar-refractivity contribution < 1.29 is 14.6 Å². The zero-order valence-corrected chi connectivity index (χ0v) is 17.7. The summed E-state index contributed by atoms with van der Waals surface area (Å²) < 4.78 is 5.87. The van der Waals surface area contributed by atoms with Crippen LogP contribution in [0.15, 0.2) is 24.3 Å². The Morgan fingerprint density at radius 1 is 1.04 bits per heavy atom. The van der Waals surface area contributed by atoms with Gasteiger partial charge < -0.3 is 15.2 Å². The van der Waals surface area contributed by atoms with Crippen LogP contribution in [0.1, 0.15) is 54.7 Å². The Bertz CT molecular complexity index is 863. The average molecular weight is 370 g/mol. The van der Waals surface area contributed by atoms with E-state index in [0.717, 1.165) is 27.9 Å². The molecule has 0 fully saturated rings. The van der Waals surface area contributed by atoms with Crippen LogP contribution in [0.4, 0.5) is 5.69 Å². The third-order valence-corrected chi connectivity index (χ3v) is 4.85. The number of aryl methyl sites for hydroxylation is 3. The molecule has 27 heavy (non-hydrogen) atoms. The third-order valence-electron chi connectivity index (χ3n) is 4.85. The lowest BCUT2D eigenvalue weighted by molar-refractivity contribution is -0.160. The van der Waals surface area contributed by atoms with E-state index < -0.39 is 17.7 Å². The number of carbonyl (C=O) groups is 1. The van der Waals surface area contributed by atoms with Crippen LogP contribution in [-0.2, 0) is 9.53 Å². The summed E-state index contributed by atoms with van der Waals surface area (Å²) in [6, 6.07) is 8.36. The van der Waals surface area contributed by atoms with Crippen LogP contribution >= 0.6 is 0 Å². The molecule has 0 aromatic heterocycles. The molecule has 0 spiro atoms. The van der Waals surface area contributed by atoms with E-state index in [1.807, 2.05) is 47.7 Å². The Labute approximate surface area is 162 Å². The fourth-order valence-electron chi connectivity index (χ4n) is 3.40. The molecule has 146 valence electrons. The smallest absolute Gasteiger partial charge is 0.337 e. The van der Waals surface area contributed by atoms with E-state index in [2.05, 4.69) is 37.4 Å². The predicted molar refractivity (Wildman–Crippen MR) is 112 cm³/mol. The van der Waals surface area contributed by atoms with Crippen molar-refractivity contribution in [1.29, 1.82) is 0 Å². The molecule has 0 aliphatic rings. The average Bonchev–Trinajstić information content (AvgIpc) is 2.56. The van der Waals surface area contributed by atoms with Crippen LogP contribution in [0.25, 0.3) is 11.1 Å². The Morgan fingerprint density at radius 2 is 1.67 bits per heavy atom. The van der Waals surface area contributed by atoms with Gasteiger partial charge in [-0.25, -0.2) is 4.79 Å². The van der Waals surface area contributed by atoms with Crippen LogP contribution in [0.2, 0.25) is 0 Å². The molecule has 2 aromatic rings. The number of carboxylic acid groups (broad SMARTS) is 1. The number of anilines is 1. The second kappa shape index (κ2) is 7.73. The summed E-state index contributed by atoms with van der Waals surface area (Å²) in [4.78, 5) is 11.9. The lowest BCUT2D eigenvalue weighted by Crippen LogP contribution is -2.28. The Hall–Kier alpha value is -2.33. The largest absolute Gasteiger partial charge is 0.479 e. The van der Waals surface area contributed by atoms with E-state index >= 15 is 0 Å². The van der Waals surface area contributed by atoms with Gasteiger partial charge in [-0.2, -0.15) is 0 Å². The fourth-order valence-corrected chi connectivity index (χ4v) is 3.40. The number of hydrogen-bond acceptors (Lipinski definition) is 3. The van der Waals surface area contributed by atoms with Crippen molar-refractivity contribution in [3.05, 3.63) is 52.1 Å². The van der Waals surface area contributed by atoms with Gasteiger partial charge in [-0.05, 0) is 81.8 Å². The lowest BCUT2D eigenvalue weighted by atomic mass is 9.89. The number of aliphatic carboxylic acids is 1. The van der Waals surface area contributed by atoms with Crippen molar-refractivity contribution in [2.75, 3.05) is 12.4 Å². The van der Waals surface area contributed by atoms with E-state index in [9.17, 15) is 9.90 Å². The molecule has 1 atom stereocenters. The third kappa shape index (κ3) is 4.51. The SMILES string of the molecule is CNc1c(C)c(C(OC(C)(C)C)C(=O)O)cc(C)c1-c1ccc(C)c(C)c1. The topological polar surface area (TPSA) is 58.6 Å². The molecule has 2 aromatic carbocycles. The van der Waals surface area contributed by atoms with Crippen LogP contribution in [0.3, 0.4) is 0 Å². The van der Waals surface area contributed by atoms with E-state index in [4.69, 9.17) is 4.74 Å². The minimum absolute atomic E-state index is 0.560. The summed E-state index contributed by atoms with van der Waals surface area (Å²) in [6.07, 6.45) is -1.01. The Kier molecular flexibility index (Phi) is 6.01. The normalized spacial score (nSPS) is 12.7. The molecule has 0 saturated heterocycles. The summed E-state index contributed by atoms with van der Waals surface area (Å²) in [6.45, 7) is 13.8. The van der Waals surface area contributed by atoms with Gasteiger partial charge in [0, 0.05) is 18.3 Å². The van der Waals surface area contributed by atoms with Gasteiger partial charge in [0.25, 0.3) is 0 Å². The summed E-state index contributed by atoms with van der Waals surface area (Å²) in [7, 11) is 1.87. The first-order valence-electron chi connectivity index (χ1n) is 9.26. The minimum Gasteiger partial charge on any atom is -0.479 e. The number of nitrogens with one attached hydrogen (secondary N) is 1. The highest BCUT2D eigenvalue weighted by Gasteiger charge is 2.30. The second-order valence-electron chi connectivity index (χ2n) is 8.16. The Morgan fingerprint density at radius 3 is 2.15 bits per heavy atom. The molecule has 4 heteroatoms. The molecule has 0 radical (unpaired) electrons. The highest BCUT2D eigenvalue weighted by Crippen LogP contribution is 2.40. The van der Waals surface area contributed by atoms with Gasteiger partial charge in [0.05, 0.1) is 5.60 Å². The van der Waals surface area contributed by atoms with Gasteiger partial charge >= 0.3 is 5.97 Å². The van der Waals surface area contributed by atoms with Crippen molar-refractivity contribution in [1.82, 2.24) is 0 Å². The number of rotatable bonds is 5. The van der Waals surface area contributed by atoms with Gasteiger partial charge in [-0.1, -0.05) is 24.3 Å². The van der Waals surface area contributed by atoms with Gasteiger partial charge in [0.15, 0.2) is 6.10 Å². The zero-order chi connectivity index (χ0) is 20.5. The van der Waals surface area contributed by atoms with Gasteiger partial charge in [-0.15, -0.1) is 0 Å². The molecule has 2 N–H and O–H groups in total. The van der Waals surface area contributed by atoms with Crippen LogP contribution in [-0.4, -0.2) is 23.7 Å². The highest BCUT2D eigenvalue weighted by atomic mass is 16.5. The number of benzene rings is 2. The summed E-state index contributed by atoms with van der Waals surface area (Å²) in [5, 5.41) is 13.1. The summed E-state index contributed by atoms with van der Waals surface area (Å²) >= 11 is 0. The molecule has 0 aliphatic heterocycles. The first-order chi connectivity index (χ1) is 12.5. The zero-order valence-electron chi connectivity index (χ0n) is 17.7. The minimum atomic E-state index is -1.01. The monoisotopic (exact) mass is 369 g/mol. The summed E-state index contributed by atoms with van der Waals surface area (Å²) in [5.41, 5.74) is 7.69. The molecule has 0 bridgehead atoms. The first-order valence-corrected chi connectivity index (χ1v) is 9.26. The van der Waals surface area contributed by atoms with E-state index in [-0.39, 0.29) is 0 Å². The highest BCUT2D eigenvalue weighted by molar-refractivity contribution is 5.86. The maximum atomic E-state index is 11.9. The van der Waals surface area contributed by atoms with Gasteiger partial charge in [0.2, 0.25) is 0 Å². The maximum absolute atomic E-state index is 11.9. The molecule has 2 rings (SSSR count). The van der Waals surface area contributed by atoms with E-state index in [1.54, 1.807) is 0 Å².